The second-order valence-electron chi connectivity index (χ2n) is 5.56. The first kappa shape index (κ1) is 17.5. The highest BCUT2D eigenvalue weighted by Crippen LogP contribution is 2.23. The minimum Gasteiger partial charge on any atom is -0.192 e. The van der Waals surface area contributed by atoms with Crippen LogP contribution in [0.4, 0.5) is 0 Å². The van der Waals surface area contributed by atoms with E-state index in [0.29, 0.717) is 11.8 Å². The Hall–Kier alpha value is -1.59. The van der Waals surface area contributed by atoms with Crippen molar-refractivity contribution in [1.29, 1.82) is 5.26 Å². The molecule has 0 saturated carbocycles. The van der Waals surface area contributed by atoms with Crippen LogP contribution < -0.4 is 0 Å². The van der Waals surface area contributed by atoms with Crippen molar-refractivity contribution in [2.24, 2.45) is 0 Å². The molecule has 2 rings (SSSR count). The minimum atomic E-state index is 0.544. The van der Waals surface area contributed by atoms with Gasteiger partial charge < -0.3 is 0 Å². The molecule has 2 heteroatoms. The molecule has 0 aliphatic heterocycles. The molecule has 110 valence electrons. The second-order valence-corrected chi connectivity index (χ2v) is 6.42. The van der Waals surface area contributed by atoms with Crippen molar-refractivity contribution < 1.29 is 0 Å². The van der Waals surface area contributed by atoms with Gasteiger partial charge in [0.25, 0.3) is 0 Å². The third-order valence-electron chi connectivity index (χ3n) is 3.23. The van der Waals surface area contributed by atoms with Crippen molar-refractivity contribution in [1.82, 2.24) is 0 Å². The molecule has 0 unspecified atom stereocenters. The van der Waals surface area contributed by atoms with Crippen molar-refractivity contribution in [3.05, 3.63) is 69.7 Å². The molecular formula is C19H22BrN. The normalized spacial score (nSPS) is 10.0. The Morgan fingerprint density at radius 2 is 1.43 bits per heavy atom. The van der Waals surface area contributed by atoms with Gasteiger partial charge in [-0.05, 0) is 41.2 Å². The number of benzene rings is 2. The highest BCUT2D eigenvalue weighted by molar-refractivity contribution is 9.10. The minimum absolute atomic E-state index is 0.544. The topological polar surface area (TPSA) is 23.8 Å². The van der Waals surface area contributed by atoms with Crippen molar-refractivity contribution >= 4 is 15.9 Å². The van der Waals surface area contributed by atoms with Crippen LogP contribution in [-0.4, -0.2) is 0 Å². The zero-order valence-electron chi connectivity index (χ0n) is 13.1. The van der Waals surface area contributed by atoms with Crippen molar-refractivity contribution in [2.45, 2.75) is 39.5 Å². The van der Waals surface area contributed by atoms with E-state index in [9.17, 15) is 0 Å². The highest BCUT2D eigenvalue weighted by atomic mass is 79.9. The zero-order valence-corrected chi connectivity index (χ0v) is 14.7. The fourth-order valence-electron chi connectivity index (χ4n) is 1.89. The van der Waals surface area contributed by atoms with E-state index in [2.05, 4.69) is 67.9 Å². The van der Waals surface area contributed by atoms with Gasteiger partial charge in [0.2, 0.25) is 0 Å². The third kappa shape index (κ3) is 5.73. The summed E-state index contributed by atoms with van der Waals surface area (Å²) in [6.45, 7) is 8.67. The zero-order chi connectivity index (χ0) is 15.8. The van der Waals surface area contributed by atoms with E-state index < -0.39 is 0 Å². The largest absolute Gasteiger partial charge is 0.192 e. The quantitative estimate of drug-likeness (QED) is 0.631. The molecule has 1 nitrogen and oxygen atoms in total. The SMILES string of the molecule is CC(C)c1ccc(C#N)cc1.CC(C)c1ccccc1Br. The van der Waals surface area contributed by atoms with Gasteiger partial charge >= 0.3 is 0 Å². The summed E-state index contributed by atoms with van der Waals surface area (Å²) in [6.07, 6.45) is 0. The summed E-state index contributed by atoms with van der Waals surface area (Å²) in [6, 6.07) is 18.1. The van der Waals surface area contributed by atoms with Crippen LogP contribution in [0.3, 0.4) is 0 Å². The lowest BCUT2D eigenvalue weighted by Gasteiger charge is -2.06. The summed E-state index contributed by atoms with van der Waals surface area (Å²) >= 11 is 3.50. The molecule has 0 atom stereocenters. The Morgan fingerprint density at radius 1 is 0.857 bits per heavy atom. The molecule has 0 aliphatic rings. The van der Waals surface area contributed by atoms with Gasteiger partial charge in [0, 0.05) is 4.47 Å². The van der Waals surface area contributed by atoms with Gasteiger partial charge in [-0.2, -0.15) is 5.26 Å². The van der Waals surface area contributed by atoms with Crippen LogP contribution in [0.15, 0.2) is 53.0 Å². The van der Waals surface area contributed by atoms with Crippen LogP contribution >= 0.6 is 15.9 Å². The molecule has 0 bridgehead atoms. The van der Waals surface area contributed by atoms with E-state index in [-0.39, 0.29) is 0 Å². The summed E-state index contributed by atoms with van der Waals surface area (Å²) in [5, 5.41) is 8.52. The molecule has 0 saturated heterocycles. The molecule has 0 spiro atoms. The molecule has 0 radical (unpaired) electrons. The molecule has 2 aromatic rings. The Morgan fingerprint density at radius 3 is 1.81 bits per heavy atom. The smallest absolute Gasteiger partial charge is 0.0991 e. The predicted octanol–water partition coefficient (Wildman–Crippen LogP) is 6.25. The average Bonchev–Trinajstić information content (AvgIpc) is 2.48. The van der Waals surface area contributed by atoms with Gasteiger partial charge in [0.15, 0.2) is 0 Å². The summed E-state index contributed by atoms with van der Waals surface area (Å²) in [5.74, 6) is 1.15. The Kier molecular flexibility index (Phi) is 7.19. The first-order valence-electron chi connectivity index (χ1n) is 7.20. The number of nitrogens with zero attached hydrogens (tertiary/aromatic N) is 1. The van der Waals surface area contributed by atoms with Gasteiger partial charge in [0.05, 0.1) is 11.6 Å². The van der Waals surface area contributed by atoms with Crippen molar-refractivity contribution in [3.63, 3.8) is 0 Å². The summed E-state index contributed by atoms with van der Waals surface area (Å²) in [7, 11) is 0. The van der Waals surface area contributed by atoms with Gasteiger partial charge in [-0.3, -0.25) is 0 Å². The van der Waals surface area contributed by atoms with Crippen LogP contribution in [0.1, 0.15) is 56.2 Å². The lowest BCUT2D eigenvalue weighted by atomic mass is 10.0. The molecule has 0 amide bonds. The van der Waals surface area contributed by atoms with Crippen LogP contribution in [0.25, 0.3) is 0 Å². The van der Waals surface area contributed by atoms with Crippen LogP contribution in [0.5, 0.6) is 0 Å². The maximum atomic E-state index is 8.52. The first-order valence-corrected chi connectivity index (χ1v) is 7.99. The summed E-state index contributed by atoms with van der Waals surface area (Å²) < 4.78 is 1.21. The predicted molar refractivity (Wildman–Crippen MR) is 93.5 cm³/mol. The summed E-state index contributed by atoms with van der Waals surface area (Å²) in [4.78, 5) is 0. The van der Waals surface area contributed by atoms with Crippen LogP contribution in [0, 0.1) is 11.3 Å². The Balaban J connectivity index is 0.000000211. The second kappa shape index (κ2) is 8.64. The van der Waals surface area contributed by atoms with E-state index >= 15 is 0 Å². The third-order valence-corrected chi connectivity index (χ3v) is 3.96. The van der Waals surface area contributed by atoms with Crippen LogP contribution in [0.2, 0.25) is 0 Å². The van der Waals surface area contributed by atoms with E-state index in [1.807, 2.05) is 30.3 Å². The van der Waals surface area contributed by atoms with E-state index in [1.54, 1.807) is 0 Å². The molecule has 0 aromatic heterocycles. The molecular weight excluding hydrogens is 322 g/mol. The van der Waals surface area contributed by atoms with Crippen molar-refractivity contribution in [3.8, 4) is 6.07 Å². The first-order chi connectivity index (χ1) is 9.95. The number of rotatable bonds is 2. The van der Waals surface area contributed by atoms with E-state index in [4.69, 9.17) is 5.26 Å². The van der Waals surface area contributed by atoms with E-state index in [1.165, 1.54) is 15.6 Å². The standard InChI is InChI=1S/C10H11N.C9H11Br/c1-8(2)10-5-3-9(7-11)4-6-10;1-7(2)8-5-3-4-6-9(8)10/h3-6,8H,1-2H3;3-7H,1-2H3. The number of hydrogen-bond acceptors (Lipinski definition) is 1. The molecule has 0 fully saturated rings. The van der Waals surface area contributed by atoms with Gasteiger partial charge in [-0.15, -0.1) is 0 Å². The number of hydrogen-bond donors (Lipinski definition) is 0. The molecule has 0 N–H and O–H groups in total. The van der Waals surface area contributed by atoms with Gasteiger partial charge in [-0.1, -0.05) is 74.0 Å². The maximum absolute atomic E-state index is 8.52. The molecule has 21 heavy (non-hydrogen) atoms. The Labute approximate surface area is 136 Å². The molecule has 0 aliphatic carbocycles. The lowest BCUT2D eigenvalue weighted by molar-refractivity contribution is 0.861. The van der Waals surface area contributed by atoms with Crippen LogP contribution in [-0.2, 0) is 0 Å². The number of halogens is 1. The van der Waals surface area contributed by atoms with Gasteiger partial charge in [0.1, 0.15) is 0 Å². The van der Waals surface area contributed by atoms with Crippen molar-refractivity contribution in [2.75, 3.05) is 0 Å². The molecule has 0 heterocycles. The van der Waals surface area contributed by atoms with E-state index in [0.717, 1.165) is 5.56 Å². The van der Waals surface area contributed by atoms with Gasteiger partial charge in [-0.25, -0.2) is 0 Å². The summed E-state index contributed by atoms with van der Waals surface area (Å²) in [5.41, 5.74) is 3.39. The number of nitriles is 1. The lowest BCUT2D eigenvalue weighted by Crippen LogP contribution is -1.86. The Bertz CT molecular complexity index is 592. The fraction of sp³-hybridized carbons (Fsp3) is 0.316. The monoisotopic (exact) mass is 343 g/mol. The molecule has 2 aromatic carbocycles. The average molecular weight is 344 g/mol. The fourth-order valence-corrected chi connectivity index (χ4v) is 2.63. The highest BCUT2D eigenvalue weighted by Gasteiger charge is 2.01. The maximum Gasteiger partial charge on any atom is 0.0991 e.